The second-order valence-corrected chi connectivity index (χ2v) is 5.64. The van der Waals surface area contributed by atoms with Gasteiger partial charge in [0.05, 0.1) is 11.4 Å². The van der Waals surface area contributed by atoms with Gasteiger partial charge in [-0.1, -0.05) is 42.5 Å². The van der Waals surface area contributed by atoms with Crippen LogP contribution in [-0.4, -0.2) is 14.9 Å². The Bertz CT molecular complexity index is 972. The van der Waals surface area contributed by atoms with Gasteiger partial charge in [-0.2, -0.15) is 9.80 Å². The largest absolute Gasteiger partial charge is 0.374 e. The van der Waals surface area contributed by atoms with E-state index >= 15 is 0 Å². The molecule has 3 rings (SSSR count). The van der Waals surface area contributed by atoms with Crippen molar-refractivity contribution in [2.75, 3.05) is 0 Å². The van der Waals surface area contributed by atoms with Crippen LogP contribution in [0.4, 0.5) is 11.4 Å². The summed E-state index contributed by atoms with van der Waals surface area (Å²) < 4.78 is 1.09. The summed E-state index contributed by atoms with van der Waals surface area (Å²) in [6.07, 6.45) is 0. The van der Waals surface area contributed by atoms with Crippen LogP contribution in [0.15, 0.2) is 69.6 Å². The molecule has 0 unspecified atom stereocenters. The summed E-state index contributed by atoms with van der Waals surface area (Å²) in [4.78, 5) is 12.5. The summed E-state index contributed by atoms with van der Waals surface area (Å²) >= 11 is 4.90. The zero-order valence-corrected chi connectivity index (χ0v) is 13.7. The van der Waals surface area contributed by atoms with Crippen molar-refractivity contribution in [1.29, 1.82) is 0 Å². The molecular formula is C17H15N5OS. The van der Waals surface area contributed by atoms with Gasteiger partial charge in [0.1, 0.15) is 0 Å². The summed E-state index contributed by atoms with van der Waals surface area (Å²) in [7, 11) is 0. The van der Waals surface area contributed by atoms with E-state index in [4.69, 9.17) is 18.0 Å². The number of thiocarbonyl (C=S) groups is 1. The minimum Gasteiger partial charge on any atom is -0.374 e. The quantitative estimate of drug-likeness (QED) is 0.564. The minimum atomic E-state index is -0.433. The van der Waals surface area contributed by atoms with Gasteiger partial charge in [0.25, 0.3) is 0 Å². The maximum Gasteiger partial charge on any atom is 0.301 e. The lowest BCUT2D eigenvalue weighted by Gasteiger charge is -1.99. The fraction of sp³-hybridized carbons (Fsp3) is 0.0588. The van der Waals surface area contributed by atoms with Gasteiger partial charge in [0, 0.05) is 5.56 Å². The molecule has 6 nitrogen and oxygen atoms in total. The number of nitrogens with one attached hydrogen (secondary N) is 1. The summed E-state index contributed by atoms with van der Waals surface area (Å²) in [6.45, 7) is 1.96. The molecule has 2 aromatic carbocycles. The average Bonchev–Trinajstić information content (AvgIpc) is 2.91. The third-order valence-corrected chi connectivity index (χ3v) is 3.60. The van der Waals surface area contributed by atoms with Crippen molar-refractivity contribution >= 4 is 28.7 Å². The van der Waals surface area contributed by atoms with Crippen LogP contribution in [0.5, 0.6) is 0 Å². The molecule has 1 heterocycles. The zero-order valence-electron chi connectivity index (χ0n) is 12.9. The maximum absolute atomic E-state index is 12.5. The van der Waals surface area contributed by atoms with Crippen molar-refractivity contribution in [2.24, 2.45) is 16.0 Å². The normalized spacial score (nSPS) is 11.0. The van der Waals surface area contributed by atoms with Gasteiger partial charge in [-0.05, 0) is 36.8 Å². The highest BCUT2D eigenvalue weighted by Crippen LogP contribution is 2.27. The molecule has 0 radical (unpaired) electrons. The number of aromatic amines is 1. The van der Waals surface area contributed by atoms with Gasteiger partial charge in [0.2, 0.25) is 0 Å². The van der Waals surface area contributed by atoms with Gasteiger partial charge in [-0.25, -0.2) is 0 Å². The molecule has 0 atom stereocenters. The van der Waals surface area contributed by atoms with E-state index in [0.717, 1.165) is 15.8 Å². The second kappa shape index (κ2) is 6.59. The Balaban J connectivity index is 2.12. The lowest BCUT2D eigenvalue weighted by atomic mass is 10.1. The lowest BCUT2D eigenvalue weighted by Crippen LogP contribution is -2.29. The molecule has 0 aliphatic heterocycles. The van der Waals surface area contributed by atoms with Crippen LogP contribution in [0.25, 0.3) is 11.3 Å². The molecule has 7 heteroatoms. The van der Waals surface area contributed by atoms with Gasteiger partial charge < -0.3 is 5.73 Å². The number of nitrogens with two attached hydrogens (primary N) is 1. The van der Waals surface area contributed by atoms with Crippen LogP contribution in [0.3, 0.4) is 0 Å². The topological polar surface area (TPSA) is 88.5 Å². The van der Waals surface area contributed by atoms with E-state index in [1.807, 2.05) is 61.5 Å². The van der Waals surface area contributed by atoms with Crippen molar-refractivity contribution in [3.05, 3.63) is 70.5 Å². The number of rotatable bonds is 3. The highest BCUT2D eigenvalue weighted by atomic mass is 32.1. The Morgan fingerprint density at radius 2 is 1.88 bits per heavy atom. The molecule has 24 heavy (non-hydrogen) atoms. The van der Waals surface area contributed by atoms with Crippen LogP contribution < -0.4 is 11.3 Å². The second-order valence-electron chi connectivity index (χ2n) is 5.22. The van der Waals surface area contributed by atoms with Crippen molar-refractivity contribution in [2.45, 2.75) is 6.92 Å². The predicted molar refractivity (Wildman–Crippen MR) is 98.0 cm³/mol. The molecule has 120 valence electrons. The molecule has 0 spiro atoms. The smallest absolute Gasteiger partial charge is 0.301 e. The Kier molecular flexibility index (Phi) is 4.35. The predicted octanol–water partition coefficient (Wildman–Crippen LogP) is 3.66. The van der Waals surface area contributed by atoms with Gasteiger partial charge >= 0.3 is 5.56 Å². The molecule has 0 saturated carbocycles. The standard InChI is InChI=1S/C17H15N5OS/c1-11-6-5-9-13(10-11)19-20-15-14(12-7-3-2-4-8-12)21-22(16(15)23)17(18)24/h2-10,21H,1H3,(H2,18,24). The summed E-state index contributed by atoms with van der Waals surface area (Å²) in [6, 6.07) is 16.9. The number of hydrogen-bond acceptors (Lipinski definition) is 4. The Morgan fingerprint density at radius 3 is 2.54 bits per heavy atom. The van der Waals surface area contributed by atoms with Crippen LogP contribution >= 0.6 is 12.2 Å². The Morgan fingerprint density at radius 1 is 1.12 bits per heavy atom. The van der Waals surface area contributed by atoms with Crippen molar-refractivity contribution in [3.63, 3.8) is 0 Å². The third kappa shape index (κ3) is 3.16. The van der Waals surface area contributed by atoms with E-state index < -0.39 is 5.56 Å². The van der Waals surface area contributed by atoms with E-state index in [9.17, 15) is 4.79 Å². The van der Waals surface area contributed by atoms with E-state index in [1.54, 1.807) is 0 Å². The SMILES string of the molecule is Cc1cccc(N=Nc2c(-c3ccccc3)[nH]n(C(N)=S)c2=O)c1. The van der Waals surface area contributed by atoms with Gasteiger partial charge in [-0.3, -0.25) is 9.89 Å². The van der Waals surface area contributed by atoms with Gasteiger partial charge in [0.15, 0.2) is 10.8 Å². The molecule has 0 bridgehead atoms. The highest BCUT2D eigenvalue weighted by Gasteiger charge is 2.16. The molecule has 1 aromatic heterocycles. The van der Waals surface area contributed by atoms with Crippen molar-refractivity contribution < 1.29 is 0 Å². The first-order valence-corrected chi connectivity index (χ1v) is 7.66. The minimum absolute atomic E-state index is 0.0748. The number of aryl methyl sites for hydroxylation is 1. The third-order valence-electron chi connectivity index (χ3n) is 3.42. The first-order chi connectivity index (χ1) is 11.6. The zero-order chi connectivity index (χ0) is 17.1. The molecule has 0 aliphatic carbocycles. The van der Waals surface area contributed by atoms with E-state index in [0.29, 0.717) is 11.4 Å². The van der Waals surface area contributed by atoms with Crippen LogP contribution in [0, 0.1) is 6.92 Å². The number of nitrogens with zero attached hydrogens (tertiary/aromatic N) is 3. The first kappa shape index (κ1) is 15.8. The molecule has 0 saturated heterocycles. The summed E-state index contributed by atoms with van der Waals surface area (Å²) in [5.41, 5.74) is 8.36. The molecule has 3 N–H and O–H groups in total. The molecule has 0 amide bonds. The Hall–Kier alpha value is -3.06. The van der Waals surface area contributed by atoms with E-state index in [-0.39, 0.29) is 10.8 Å². The highest BCUT2D eigenvalue weighted by molar-refractivity contribution is 7.80. The molecule has 0 fully saturated rings. The molecular weight excluding hydrogens is 322 g/mol. The van der Waals surface area contributed by atoms with Crippen molar-refractivity contribution in [1.82, 2.24) is 9.78 Å². The lowest BCUT2D eigenvalue weighted by molar-refractivity contribution is 0.910. The maximum atomic E-state index is 12.5. The fourth-order valence-corrected chi connectivity index (χ4v) is 2.41. The Labute approximate surface area is 143 Å². The fourth-order valence-electron chi connectivity index (χ4n) is 2.28. The number of azo groups is 1. The number of hydrogen-bond donors (Lipinski definition) is 2. The number of benzene rings is 2. The summed E-state index contributed by atoms with van der Waals surface area (Å²) in [5.74, 6) is 0. The van der Waals surface area contributed by atoms with E-state index in [1.165, 1.54) is 0 Å². The van der Waals surface area contributed by atoms with Crippen LogP contribution in [-0.2, 0) is 0 Å². The first-order valence-electron chi connectivity index (χ1n) is 7.25. The monoisotopic (exact) mass is 337 g/mol. The van der Waals surface area contributed by atoms with Crippen molar-refractivity contribution in [3.8, 4) is 11.3 Å². The number of H-pyrrole nitrogens is 1. The molecule has 0 aliphatic rings. The number of aromatic nitrogens is 2. The van der Waals surface area contributed by atoms with E-state index in [2.05, 4.69) is 15.3 Å². The van der Waals surface area contributed by atoms with Crippen LogP contribution in [0.1, 0.15) is 5.56 Å². The van der Waals surface area contributed by atoms with Crippen LogP contribution in [0.2, 0.25) is 0 Å². The average molecular weight is 337 g/mol. The summed E-state index contributed by atoms with van der Waals surface area (Å²) in [5, 5.41) is 11.1. The molecule has 3 aromatic rings. The van der Waals surface area contributed by atoms with Gasteiger partial charge in [-0.15, -0.1) is 5.11 Å².